The van der Waals surface area contributed by atoms with Gasteiger partial charge in [-0.15, -0.1) is 0 Å². The third-order valence-electron chi connectivity index (χ3n) is 3.14. The van der Waals surface area contributed by atoms with Gasteiger partial charge >= 0.3 is 8.80 Å². The quantitative estimate of drug-likeness (QED) is 0.527. The lowest BCUT2D eigenvalue weighted by Gasteiger charge is -2.27. The van der Waals surface area contributed by atoms with Gasteiger partial charge in [-0.25, -0.2) is 0 Å². The molecule has 0 unspecified atom stereocenters. The Morgan fingerprint density at radius 3 is 1.95 bits per heavy atom. The monoisotopic (exact) mass is 311 g/mol. The molecule has 0 aliphatic rings. The first-order valence-electron chi connectivity index (χ1n) is 7.79. The zero-order valence-electron chi connectivity index (χ0n) is 14.0. The predicted octanol–water partition coefficient (Wildman–Crippen LogP) is 3.76. The lowest BCUT2D eigenvalue weighted by molar-refractivity contribution is 0.0714. The highest BCUT2D eigenvalue weighted by molar-refractivity contribution is 6.60. The molecule has 0 aliphatic heterocycles. The van der Waals surface area contributed by atoms with E-state index in [1.54, 1.807) is 0 Å². The first kappa shape index (κ1) is 18.2. The van der Waals surface area contributed by atoms with Gasteiger partial charge in [0.2, 0.25) is 0 Å². The fourth-order valence-electron chi connectivity index (χ4n) is 2.35. The molecule has 0 heterocycles. The molecule has 0 aromatic heterocycles. The molecule has 120 valence electrons. The first-order chi connectivity index (χ1) is 10.0. The van der Waals surface area contributed by atoms with E-state index in [1.165, 1.54) is 11.1 Å². The number of nitrogens with one attached hydrogen (secondary N) is 1. The molecule has 0 radical (unpaired) electrons. The molecule has 21 heavy (non-hydrogen) atoms. The second-order valence-corrected chi connectivity index (χ2v) is 7.99. The molecular weight excluding hydrogens is 282 g/mol. The molecule has 0 aliphatic carbocycles. The summed E-state index contributed by atoms with van der Waals surface area (Å²) in [5.41, 5.74) is 3.66. The Morgan fingerprint density at radius 2 is 1.48 bits per heavy atom. The maximum absolute atomic E-state index is 5.97. The van der Waals surface area contributed by atoms with Crippen molar-refractivity contribution in [2.75, 3.05) is 31.7 Å². The van der Waals surface area contributed by atoms with Crippen molar-refractivity contribution in [2.45, 2.75) is 40.7 Å². The summed E-state index contributed by atoms with van der Waals surface area (Å²) in [5, 5.41) is 3.39. The highest BCUT2D eigenvalue weighted by Crippen LogP contribution is 2.16. The molecular formula is C16H29NO3Si. The number of anilines is 1. The molecule has 4 nitrogen and oxygen atoms in total. The summed E-state index contributed by atoms with van der Waals surface area (Å²) in [7, 11) is -2.47. The minimum absolute atomic E-state index is 0.590. The highest BCUT2D eigenvalue weighted by atomic mass is 28.4. The standard InChI is InChI=1S/C16H29NO3Si/c1-6-18-21(8-3,19-7-2)20-10-9-17-16-12-14(4)11-15(5)13-16/h11-13,17H,6-10H2,1-5H3. The van der Waals surface area contributed by atoms with Gasteiger partial charge in [-0.2, -0.15) is 0 Å². The number of aryl methyl sites for hydroxylation is 2. The zero-order valence-corrected chi connectivity index (χ0v) is 15.0. The molecule has 0 spiro atoms. The van der Waals surface area contributed by atoms with Crippen LogP contribution in [0.3, 0.4) is 0 Å². The topological polar surface area (TPSA) is 39.7 Å². The largest absolute Gasteiger partial charge is 0.500 e. The van der Waals surface area contributed by atoms with E-state index in [4.69, 9.17) is 13.3 Å². The van der Waals surface area contributed by atoms with Crippen LogP contribution in [-0.2, 0) is 13.3 Å². The van der Waals surface area contributed by atoms with Gasteiger partial charge in [-0.05, 0) is 51.0 Å². The van der Waals surface area contributed by atoms with Crippen LogP contribution in [-0.4, -0.2) is 35.2 Å². The molecule has 0 saturated heterocycles. The summed E-state index contributed by atoms with van der Waals surface area (Å²) in [4.78, 5) is 0. The van der Waals surface area contributed by atoms with Crippen molar-refractivity contribution in [1.29, 1.82) is 0 Å². The van der Waals surface area contributed by atoms with Crippen LogP contribution >= 0.6 is 0 Å². The molecule has 0 saturated carbocycles. The lowest BCUT2D eigenvalue weighted by atomic mass is 10.1. The van der Waals surface area contributed by atoms with Gasteiger partial charge in [-0.3, -0.25) is 0 Å². The smallest absolute Gasteiger partial charge is 0.383 e. The fraction of sp³-hybridized carbons (Fsp3) is 0.625. The van der Waals surface area contributed by atoms with E-state index in [2.05, 4.69) is 44.3 Å². The summed E-state index contributed by atoms with van der Waals surface area (Å²) < 4.78 is 17.5. The molecule has 0 bridgehead atoms. The van der Waals surface area contributed by atoms with Crippen LogP contribution in [0.2, 0.25) is 6.04 Å². The van der Waals surface area contributed by atoms with E-state index in [0.29, 0.717) is 19.8 Å². The molecule has 1 N–H and O–H groups in total. The van der Waals surface area contributed by atoms with Gasteiger partial charge in [0.05, 0.1) is 6.61 Å². The van der Waals surface area contributed by atoms with Crippen molar-refractivity contribution < 1.29 is 13.3 Å². The maximum atomic E-state index is 5.97. The molecule has 5 heteroatoms. The second-order valence-electron chi connectivity index (χ2n) is 5.05. The summed E-state index contributed by atoms with van der Waals surface area (Å²) in [6.07, 6.45) is 0. The first-order valence-corrected chi connectivity index (χ1v) is 9.72. The third kappa shape index (κ3) is 6.18. The minimum Gasteiger partial charge on any atom is -0.383 e. The zero-order chi connectivity index (χ0) is 15.7. The van der Waals surface area contributed by atoms with Crippen LogP contribution < -0.4 is 5.32 Å². The molecule has 1 aromatic rings. The van der Waals surface area contributed by atoms with Gasteiger partial charge in [0.25, 0.3) is 0 Å². The van der Waals surface area contributed by atoms with Crippen molar-refractivity contribution >= 4 is 14.5 Å². The van der Waals surface area contributed by atoms with Gasteiger partial charge in [0.1, 0.15) is 0 Å². The summed E-state index contributed by atoms with van der Waals surface area (Å²) in [6, 6.07) is 7.25. The van der Waals surface area contributed by atoms with Crippen molar-refractivity contribution in [3.05, 3.63) is 29.3 Å². The Labute approximate surface area is 130 Å². The predicted molar refractivity (Wildman–Crippen MR) is 89.8 cm³/mol. The van der Waals surface area contributed by atoms with E-state index >= 15 is 0 Å². The van der Waals surface area contributed by atoms with Crippen LogP contribution in [0.5, 0.6) is 0 Å². The van der Waals surface area contributed by atoms with Gasteiger partial charge in [0, 0.05) is 31.5 Å². The van der Waals surface area contributed by atoms with Crippen LogP contribution in [0.15, 0.2) is 18.2 Å². The van der Waals surface area contributed by atoms with Crippen LogP contribution in [0.4, 0.5) is 5.69 Å². The Kier molecular flexibility index (Phi) is 7.96. The molecule has 0 amide bonds. The van der Waals surface area contributed by atoms with E-state index in [0.717, 1.165) is 18.3 Å². The Morgan fingerprint density at radius 1 is 0.905 bits per heavy atom. The number of hydrogen-bond donors (Lipinski definition) is 1. The van der Waals surface area contributed by atoms with Crippen LogP contribution in [0, 0.1) is 13.8 Å². The van der Waals surface area contributed by atoms with E-state index in [9.17, 15) is 0 Å². The van der Waals surface area contributed by atoms with E-state index in [1.807, 2.05) is 13.8 Å². The fourth-order valence-corrected chi connectivity index (χ4v) is 4.50. The summed E-state index contributed by atoms with van der Waals surface area (Å²) in [6.45, 7) is 12.8. The van der Waals surface area contributed by atoms with Gasteiger partial charge in [0.15, 0.2) is 0 Å². The average molecular weight is 311 g/mol. The number of rotatable bonds is 10. The molecule has 0 fully saturated rings. The third-order valence-corrected chi connectivity index (χ3v) is 6.10. The van der Waals surface area contributed by atoms with Gasteiger partial charge < -0.3 is 18.6 Å². The summed E-state index contributed by atoms with van der Waals surface area (Å²) >= 11 is 0. The van der Waals surface area contributed by atoms with Crippen molar-refractivity contribution in [1.82, 2.24) is 0 Å². The van der Waals surface area contributed by atoms with Crippen molar-refractivity contribution in [3.63, 3.8) is 0 Å². The second kappa shape index (κ2) is 9.20. The van der Waals surface area contributed by atoms with Crippen molar-refractivity contribution in [3.8, 4) is 0 Å². The highest BCUT2D eigenvalue weighted by Gasteiger charge is 2.38. The molecule has 1 rings (SSSR count). The van der Waals surface area contributed by atoms with Crippen LogP contribution in [0.1, 0.15) is 31.9 Å². The SMILES string of the molecule is CCO[Si](CC)(OCC)OCCNc1cc(C)cc(C)c1. The maximum Gasteiger partial charge on any atom is 0.500 e. The van der Waals surface area contributed by atoms with E-state index in [-0.39, 0.29) is 0 Å². The average Bonchev–Trinajstić information content (AvgIpc) is 2.43. The minimum atomic E-state index is -2.47. The van der Waals surface area contributed by atoms with Gasteiger partial charge in [-0.1, -0.05) is 13.0 Å². The Bertz CT molecular complexity index is 400. The Hall–Kier alpha value is -0.883. The lowest BCUT2D eigenvalue weighted by Crippen LogP contribution is -2.46. The van der Waals surface area contributed by atoms with E-state index < -0.39 is 8.80 Å². The Balaban J connectivity index is 2.46. The number of benzene rings is 1. The normalized spacial score (nSPS) is 11.7. The molecule has 1 aromatic carbocycles. The summed E-state index contributed by atoms with van der Waals surface area (Å²) in [5.74, 6) is 0. The number of hydrogen-bond acceptors (Lipinski definition) is 4. The van der Waals surface area contributed by atoms with Crippen LogP contribution in [0.25, 0.3) is 0 Å². The molecule has 0 atom stereocenters. The van der Waals surface area contributed by atoms with Crippen molar-refractivity contribution in [2.24, 2.45) is 0 Å².